The Balaban J connectivity index is 1.90. The third-order valence-electron chi connectivity index (χ3n) is 3.65. The molecule has 0 bridgehead atoms. The van der Waals surface area contributed by atoms with Crippen LogP contribution in [0.1, 0.15) is 17.5 Å². The fraction of sp³-hybridized carbons (Fsp3) is 0.467. The van der Waals surface area contributed by atoms with Gasteiger partial charge in [0.1, 0.15) is 12.2 Å². The Hall–Kier alpha value is -2.14. The van der Waals surface area contributed by atoms with Crippen LogP contribution in [-0.2, 0) is 11.3 Å². The molecule has 0 N–H and O–H groups in total. The minimum absolute atomic E-state index is 0.175. The van der Waals surface area contributed by atoms with Gasteiger partial charge in [-0.3, -0.25) is 9.69 Å². The zero-order chi connectivity index (χ0) is 17.0. The zero-order valence-electron chi connectivity index (χ0n) is 12.2. The molecule has 0 aliphatic carbocycles. The van der Waals surface area contributed by atoms with Gasteiger partial charge in [-0.1, -0.05) is 0 Å². The molecule has 1 fully saturated rings. The van der Waals surface area contributed by atoms with Crippen molar-refractivity contribution < 1.29 is 22.4 Å². The van der Waals surface area contributed by atoms with Gasteiger partial charge in [0.25, 0.3) is 0 Å². The first-order valence-corrected chi connectivity index (χ1v) is 7.04. The molecular weight excluding hydrogens is 314 g/mol. The molecule has 2 rings (SSSR count). The molecule has 1 aromatic carbocycles. The lowest BCUT2D eigenvalue weighted by atomic mass is 10.1. The summed E-state index contributed by atoms with van der Waals surface area (Å²) in [6.07, 6.45) is -5.96. The highest BCUT2D eigenvalue weighted by atomic mass is 19.4. The first-order valence-electron chi connectivity index (χ1n) is 7.04. The second-order valence-corrected chi connectivity index (χ2v) is 5.37. The number of nitrogens with zero attached hydrogens (tertiary/aromatic N) is 3. The van der Waals surface area contributed by atoms with Crippen LogP contribution in [0, 0.1) is 17.1 Å². The number of carbonyl (C=O) groups excluding carboxylic acids is 1. The van der Waals surface area contributed by atoms with Gasteiger partial charge in [-0.15, -0.1) is 0 Å². The first kappa shape index (κ1) is 17.2. The summed E-state index contributed by atoms with van der Waals surface area (Å²) >= 11 is 0. The van der Waals surface area contributed by atoms with Crippen molar-refractivity contribution in [2.45, 2.75) is 19.1 Å². The third kappa shape index (κ3) is 4.93. The summed E-state index contributed by atoms with van der Waals surface area (Å²) in [6.45, 7) is 1.32. The standard InChI is InChI=1S/C15H15F4N3O/c16-13-2-1-11(9-20)7-12(13)10-21-3-5-22(6-4-21)14(23)8-15(17,18)19/h1-2,7H,3-6,8,10H2. The minimum atomic E-state index is -4.50. The van der Waals surface area contributed by atoms with Gasteiger partial charge >= 0.3 is 6.18 Å². The Morgan fingerprint density at radius 3 is 2.43 bits per heavy atom. The second-order valence-electron chi connectivity index (χ2n) is 5.37. The van der Waals surface area contributed by atoms with Crippen molar-refractivity contribution in [3.8, 4) is 6.07 Å². The Kier molecular flexibility index (Phi) is 5.21. The first-order chi connectivity index (χ1) is 10.8. The lowest BCUT2D eigenvalue weighted by Gasteiger charge is -2.35. The highest BCUT2D eigenvalue weighted by Gasteiger charge is 2.34. The topological polar surface area (TPSA) is 47.3 Å². The summed E-state index contributed by atoms with van der Waals surface area (Å²) in [5.41, 5.74) is 0.708. The average molecular weight is 329 g/mol. The maximum Gasteiger partial charge on any atom is 0.397 e. The highest BCUT2D eigenvalue weighted by Crippen LogP contribution is 2.21. The van der Waals surface area contributed by atoms with Crippen LogP contribution in [-0.4, -0.2) is 48.1 Å². The zero-order valence-corrected chi connectivity index (χ0v) is 12.2. The van der Waals surface area contributed by atoms with E-state index in [0.29, 0.717) is 24.2 Å². The highest BCUT2D eigenvalue weighted by molar-refractivity contribution is 5.76. The quantitative estimate of drug-likeness (QED) is 0.800. The predicted molar refractivity (Wildman–Crippen MR) is 73.6 cm³/mol. The Labute approximate surface area is 130 Å². The molecular formula is C15H15F4N3O. The van der Waals surface area contributed by atoms with Gasteiger partial charge in [0.05, 0.1) is 11.6 Å². The number of rotatable bonds is 3. The summed E-state index contributed by atoms with van der Waals surface area (Å²) < 4.78 is 50.4. The molecule has 124 valence electrons. The summed E-state index contributed by atoms with van der Waals surface area (Å²) in [5.74, 6) is -1.37. The monoisotopic (exact) mass is 329 g/mol. The normalized spacial score (nSPS) is 16.2. The van der Waals surface area contributed by atoms with Gasteiger partial charge in [0.2, 0.25) is 5.91 Å². The fourth-order valence-corrected chi connectivity index (χ4v) is 2.45. The number of amides is 1. The predicted octanol–water partition coefficient (Wildman–Crippen LogP) is 2.29. The Bertz CT molecular complexity index is 616. The summed E-state index contributed by atoms with van der Waals surface area (Å²) in [4.78, 5) is 14.5. The van der Waals surface area contributed by atoms with Crippen molar-refractivity contribution in [3.05, 3.63) is 35.1 Å². The molecule has 1 aromatic rings. The second kappa shape index (κ2) is 6.96. The summed E-state index contributed by atoms with van der Waals surface area (Å²) in [5, 5.41) is 8.83. The molecule has 0 saturated carbocycles. The van der Waals surface area contributed by atoms with Crippen molar-refractivity contribution in [1.82, 2.24) is 9.80 Å². The number of piperazine rings is 1. The van der Waals surface area contributed by atoms with E-state index in [1.165, 1.54) is 23.1 Å². The van der Waals surface area contributed by atoms with Gasteiger partial charge in [-0.05, 0) is 18.2 Å². The molecule has 0 radical (unpaired) electrons. The van der Waals surface area contributed by atoms with E-state index >= 15 is 0 Å². The molecule has 1 saturated heterocycles. The molecule has 1 aliphatic heterocycles. The van der Waals surface area contributed by atoms with Gasteiger partial charge in [-0.2, -0.15) is 18.4 Å². The minimum Gasteiger partial charge on any atom is -0.340 e. The number of nitriles is 1. The van der Waals surface area contributed by atoms with E-state index in [1.54, 1.807) is 0 Å². The fourth-order valence-electron chi connectivity index (χ4n) is 2.45. The Morgan fingerprint density at radius 2 is 1.87 bits per heavy atom. The van der Waals surface area contributed by atoms with Crippen molar-refractivity contribution >= 4 is 5.91 Å². The van der Waals surface area contributed by atoms with Crippen molar-refractivity contribution in [2.75, 3.05) is 26.2 Å². The number of hydrogen-bond acceptors (Lipinski definition) is 3. The number of carbonyl (C=O) groups is 1. The van der Waals surface area contributed by atoms with Crippen molar-refractivity contribution in [1.29, 1.82) is 5.26 Å². The van der Waals surface area contributed by atoms with Gasteiger partial charge in [-0.25, -0.2) is 4.39 Å². The van der Waals surface area contributed by atoms with E-state index in [1.807, 2.05) is 11.0 Å². The summed E-state index contributed by atoms with van der Waals surface area (Å²) in [6, 6.07) is 5.99. The lowest BCUT2D eigenvalue weighted by molar-refractivity contribution is -0.162. The van der Waals surface area contributed by atoms with Crippen LogP contribution in [0.3, 0.4) is 0 Å². The maximum absolute atomic E-state index is 13.7. The largest absolute Gasteiger partial charge is 0.397 e. The van der Waals surface area contributed by atoms with Crippen LogP contribution < -0.4 is 0 Å². The molecule has 0 atom stereocenters. The van der Waals surface area contributed by atoms with Crippen LogP contribution in [0.25, 0.3) is 0 Å². The number of hydrogen-bond donors (Lipinski definition) is 0. The lowest BCUT2D eigenvalue weighted by Crippen LogP contribution is -2.49. The number of benzene rings is 1. The van der Waals surface area contributed by atoms with Crippen LogP contribution in [0.15, 0.2) is 18.2 Å². The van der Waals surface area contributed by atoms with Gasteiger partial charge in [0.15, 0.2) is 0 Å². The SMILES string of the molecule is N#Cc1ccc(F)c(CN2CCN(C(=O)CC(F)(F)F)CC2)c1. The molecule has 0 spiro atoms. The van der Waals surface area contributed by atoms with E-state index < -0.39 is 24.3 Å². The number of halogens is 4. The van der Waals surface area contributed by atoms with Crippen LogP contribution in [0.2, 0.25) is 0 Å². The number of alkyl halides is 3. The molecule has 0 unspecified atom stereocenters. The van der Waals surface area contributed by atoms with Gasteiger partial charge < -0.3 is 4.90 Å². The molecule has 8 heteroatoms. The molecule has 4 nitrogen and oxygen atoms in total. The van der Waals surface area contributed by atoms with E-state index in [0.717, 1.165) is 0 Å². The van der Waals surface area contributed by atoms with E-state index in [2.05, 4.69) is 0 Å². The molecule has 1 aliphatic rings. The van der Waals surface area contributed by atoms with E-state index in [-0.39, 0.29) is 19.6 Å². The maximum atomic E-state index is 13.7. The molecule has 1 amide bonds. The van der Waals surface area contributed by atoms with Crippen LogP contribution in [0.4, 0.5) is 17.6 Å². The van der Waals surface area contributed by atoms with Crippen LogP contribution in [0.5, 0.6) is 0 Å². The smallest absolute Gasteiger partial charge is 0.340 e. The van der Waals surface area contributed by atoms with Crippen LogP contribution >= 0.6 is 0 Å². The molecule has 1 heterocycles. The molecule has 23 heavy (non-hydrogen) atoms. The van der Waals surface area contributed by atoms with Gasteiger partial charge in [0, 0.05) is 38.3 Å². The van der Waals surface area contributed by atoms with Crippen molar-refractivity contribution in [2.24, 2.45) is 0 Å². The third-order valence-corrected chi connectivity index (χ3v) is 3.65. The van der Waals surface area contributed by atoms with Crippen molar-refractivity contribution in [3.63, 3.8) is 0 Å². The van der Waals surface area contributed by atoms with E-state index in [9.17, 15) is 22.4 Å². The van der Waals surface area contributed by atoms with E-state index in [4.69, 9.17) is 5.26 Å². The summed E-state index contributed by atoms with van der Waals surface area (Å²) in [7, 11) is 0. The average Bonchev–Trinajstić information content (AvgIpc) is 2.48. The molecule has 0 aromatic heterocycles. The Morgan fingerprint density at radius 1 is 1.22 bits per heavy atom.